The van der Waals surface area contributed by atoms with Crippen molar-refractivity contribution in [2.75, 3.05) is 0 Å². The molecule has 0 bridgehead atoms. The van der Waals surface area contributed by atoms with Crippen LogP contribution in [0.2, 0.25) is 0 Å². The zero-order chi connectivity index (χ0) is 9.68. The predicted octanol–water partition coefficient (Wildman–Crippen LogP) is 2.34. The van der Waals surface area contributed by atoms with Crippen LogP contribution in [-0.2, 0) is 4.57 Å². The quantitative estimate of drug-likeness (QED) is 0.728. The number of rotatable bonds is 4. The number of benzene rings is 1. The molecule has 0 heterocycles. The number of hydrogen-bond acceptors (Lipinski definition) is 1. The third-order valence-corrected chi connectivity index (χ3v) is 2.46. The fourth-order valence-electron chi connectivity index (χ4n) is 1.24. The highest BCUT2D eigenvalue weighted by Gasteiger charge is 2.17. The molecule has 0 aromatic heterocycles. The topological polar surface area (TPSA) is 55.1 Å². The zero-order valence-electron chi connectivity index (χ0n) is 7.60. The summed E-state index contributed by atoms with van der Waals surface area (Å²) in [6, 6.07) is 9.97. The molecule has 2 atom stereocenters. The molecule has 0 aliphatic rings. The van der Waals surface area contributed by atoms with Crippen LogP contribution in [-0.4, -0.2) is 0 Å². The first-order valence-electron chi connectivity index (χ1n) is 4.27. The molecule has 1 rings (SSSR count). The van der Waals surface area contributed by atoms with Gasteiger partial charge in [-0.2, -0.15) is 0 Å². The van der Waals surface area contributed by atoms with Crippen LogP contribution in [0.5, 0.6) is 0 Å². The molecule has 2 unspecified atom stereocenters. The lowest BCUT2D eigenvalue weighted by molar-refractivity contribution is 0.558. The van der Waals surface area contributed by atoms with E-state index in [1.807, 2.05) is 37.3 Å². The number of nitrogens with one attached hydrogen (secondary N) is 1. The van der Waals surface area contributed by atoms with Gasteiger partial charge in [-0.1, -0.05) is 42.3 Å². The minimum Gasteiger partial charge on any atom is -0.104 e. The summed E-state index contributed by atoms with van der Waals surface area (Å²) in [5.74, 6) is 0. The summed E-state index contributed by atoms with van der Waals surface area (Å²) in [5.41, 5.74) is 6.33. The lowest BCUT2D eigenvalue weighted by Gasteiger charge is -2.08. The fourth-order valence-corrected chi connectivity index (χ4v) is 1.88. The highest BCUT2D eigenvalue weighted by Crippen LogP contribution is 2.20. The molecule has 4 heteroatoms. The highest BCUT2D eigenvalue weighted by molar-refractivity contribution is 7.39. The van der Waals surface area contributed by atoms with Gasteiger partial charge in [0.25, 0.3) is 0 Å². The average Bonchev–Trinajstić information content (AvgIpc) is 2.15. The zero-order valence-corrected chi connectivity index (χ0v) is 8.50. The first-order chi connectivity index (χ1) is 6.24. The lowest BCUT2D eigenvalue weighted by Crippen LogP contribution is -2.15. The minimum atomic E-state index is -1.77. The van der Waals surface area contributed by atoms with Crippen LogP contribution < -0.4 is 10.6 Å². The van der Waals surface area contributed by atoms with E-state index in [1.54, 1.807) is 0 Å². The van der Waals surface area contributed by atoms with Gasteiger partial charge in [-0.05, 0) is 16.5 Å². The van der Waals surface area contributed by atoms with E-state index < -0.39 is 8.10 Å². The summed E-state index contributed by atoms with van der Waals surface area (Å²) in [4.78, 5) is 0. The maximum absolute atomic E-state index is 10.8. The molecule has 0 amide bonds. The largest absolute Gasteiger partial charge is 0.529 e. The van der Waals surface area contributed by atoms with E-state index in [1.165, 1.54) is 0 Å². The van der Waals surface area contributed by atoms with E-state index in [0.29, 0.717) is 0 Å². The predicted molar refractivity (Wildman–Crippen MR) is 54.4 cm³/mol. The third-order valence-electron chi connectivity index (χ3n) is 1.89. The molecule has 0 aliphatic heterocycles. The molecule has 3 N–H and O–H groups in total. The molecule has 0 radical (unpaired) electrons. The Labute approximate surface area is 79.2 Å². The summed E-state index contributed by atoms with van der Waals surface area (Å²) >= 11 is 0. The molecular weight excluding hydrogens is 183 g/mol. The summed E-state index contributed by atoms with van der Waals surface area (Å²) < 4.78 is 10.8. The summed E-state index contributed by atoms with van der Waals surface area (Å²) in [7, 11) is -1.77. The minimum absolute atomic E-state index is 0.0924. The van der Waals surface area contributed by atoms with Crippen molar-refractivity contribution in [1.29, 1.82) is 0 Å². The Balaban J connectivity index is 2.73. The standard InChI is InChI=1S/C9H14N2OP/c1-2-9(11-13(10)12)8-6-4-3-5-7-8/h3-7,9H,2H2,1H3,(H3,10,11,12)/q+1. The van der Waals surface area contributed by atoms with Gasteiger partial charge in [0.1, 0.15) is 0 Å². The van der Waals surface area contributed by atoms with E-state index in [4.69, 9.17) is 5.50 Å². The number of hydrogen-bond donors (Lipinski definition) is 2. The highest BCUT2D eigenvalue weighted by atomic mass is 31.1. The van der Waals surface area contributed by atoms with Gasteiger partial charge in [-0.3, -0.25) is 0 Å². The van der Waals surface area contributed by atoms with Crippen LogP contribution in [0.4, 0.5) is 0 Å². The van der Waals surface area contributed by atoms with Crippen molar-refractivity contribution in [1.82, 2.24) is 5.09 Å². The van der Waals surface area contributed by atoms with Crippen molar-refractivity contribution in [2.45, 2.75) is 19.4 Å². The van der Waals surface area contributed by atoms with Crippen LogP contribution in [0.3, 0.4) is 0 Å². The summed E-state index contributed by atoms with van der Waals surface area (Å²) in [6.07, 6.45) is 0.877. The van der Waals surface area contributed by atoms with Gasteiger partial charge in [0.2, 0.25) is 0 Å². The molecule has 0 aliphatic carbocycles. The van der Waals surface area contributed by atoms with Crippen molar-refractivity contribution >= 4 is 8.10 Å². The van der Waals surface area contributed by atoms with Crippen LogP contribution in [0.25, 0.3) is 0 Å². The molecular formula is C9H14N2OP+. The van der Waals surface area contributed by atoms with Crippen LogP contribution >= 0.6 is 8.10 Å². The molecule has 70 valence electrons. The maximum Gasteiger partial charge on any atom is 0.529 e. The van der Waals surface area contributed by atoms with Crippen molar-refractivity contribution in [3.8, 4) is 0 Å². The monoisotopic (exact) mass is 197 g/mol. The van der Waals surface area contributed by atoms with Crippen molar-refractivity contribution in [2.24, 2.45) is 5.50 Å². The van der Waals surface area contributed by atoms with Gasteiger partial charge in [-0.25, -0.2) is 0 Å². The van der Waals surface area contributed by atoms with Gasteiger partial charge in [0.05, 0.1) is 6.04 Å². The normalized spacial score (nSPS) is 13.8. The third kappa shape index (κ3) is 3.23. The van der Waals surface area contributed by atoms with E-state index in [0.717, 1.165) is 12.0 Å². The molecule has 1 aromatic carbocycles. The van der Waals surface area contributed by atoms with Gasteiger partial charge in [-0.15, -0.1) is 5.50 Å². The van der Waals surface area contributed by atoms with Gasteiger partial charge in [0, 0.05) is 0 Å². The Bertz CT molecular complexity index is 276. The van der Waals surface area contributed by atoms with Gasteiger partial charge < -0.3 is 0 Å². The van der Waals surface area contributed by atoms with Crippen molar-refractivity contribution < 1.29 is 4.57 Å². The lowest BCUT2D eigenvalue weighted by atomic mass is 10.1. The van der Waals surface area contributed by atoms with Crippen LogP contribution in [0.1, 0.15) is 24.9 Å². The van der Waals surface area contributed by atoms with Crippen LogP contribution in [0.15, 0.2) is 30.3 Å². The van der Waals surface area contributed by atoms with E-state index >= 15 is 0 Å². The number of nitrogens with two attached hydrogens (primary N) is 1. The molecule has 0 fully saturated rings. The average molecular weight is 197 g/mol. The summed E-state index contributed by atoms with van der Waals surface area (Å²) in [5, 5.41) is 2.83. The Kier molecular flexibility index (Phi) is 4.03. The van der Waals surface area contributed by atoms with Crippen molar-refractivity contribution in [3.05, 3.63) is 35.9 Å². The maximum atomic E-state index is 10.8. The van der Waals surface area contributed by atoms with Crippen LogP contribution in [0, 0.1) is 0 Å². The Morgan fingerprint density at radius 1 is 1.46 bits per heavy atom. The van der Waals surface area contributed by atoms with E-state index in [9.17, 15) is 4.57 Å². The van der Waals surface area contributed by atoms with Gasteiger partial charge in [0.15, 0.2) is 0 Å². The fraction of sp³-hybridized carbons (Fsp3) is 0.333. The first-order valence-corrected chi connectivity index (χ1v) is 5.60. The van der Waals surface area contributed by atoms with E-state index in [-0.39, 0.29) is 6.04 Å². The SMILES string of the molecule is CCC(N[P+](N)=O)c1ccccc1. The molecule has 1 aromatic rings. The first kappa shape index (κ1) is 10.3. The Morgan fingerprint density at radius 3 is 2.54 bits per heavy atom. The molecule has 0 saturated heterocycles. The van der Waals surface area contributed by atoms with Gasteiger partial charge >= 0.3 is 8.10 Å². The second kappa shape index (κ2) is 5.07. The van der Waals surface area contributed by atoms with Crippen molar-refractivity contribution in [3.63, 3.8) is 0 Å². The molecule has 13 heavy (non-hydrogen) atoms. The molecule has 3 nitrogen and oxygen atoms in total. The molecule has 0 saturated carbocycles. The smallest absolute Gasteiger partial charge is 0.104 e. The Hall–Kier alpha value is -0.760. The summed E-state index contributed by atoms with van der Waals surface area (Å²) in [6.45, 7) is 2.03. The molecule has 0 spiro atoms. The Morgan fingerprint density at radius 2 is 2.08 bits per heavy atom. The second-order valence-corrected chi connectivity index (χ2v) is 3.74. The van der Waals surface area contributed by atoms with E-state index in [2.05, 4.69) is 5.09 Å². The second-order valence-electron chi connectivity index (χ2n) is 2.83.